The molecule has 0 bridgehead atoms. The molecule has 0 aliphatic rings. The summed E-state index contributed by atoms with van der Waals surface area (Å²) in [6, 6.07) is 5.03. The van der Waals surface area contributed by atoms with Crippen LogP contribution in [0.25, 0.3) is 0 Å². The van der Waals surface area contributed by atoms with Crippen LogP contribution in [0, 0.1) is 0 Å². The number of benzene rings is 1. The van der Waals surface area contributed by atoms with Crippen LogP contribution < -0.4 is 14.8 Å². The summed E-state index contributed by atoms with van der Waals surface area (Å²) in [5, 5.41) is 11.3. The Labute approximate surface area is 165 Å². The van der Waals surface area contributed by atoms with Gasteiger partial charge in [-0.15, -0.1) is 0 Å². The number of nitrogens with zero attached hydrogens (tertiary/aromatic N) is 2. The Balaban J connectivity index is 2.27. The fourth-order valence-corrected chi connectivity index (χ4v) is 3.35. The molecule has 0 unspecified atom stereocenters. The van der Waals surface area contributed by atoms with Crippen molar-refractivity contribution in [3.8, 4) is 5.88 Å². The number of carboxylic acids is 1. The Hall–Kier alpha value is -3.29. The number of urea groups is 1. The molecular weight excluding hydrogens is 408 g/mol. The van der Waals surface area contributed by atoms with Crippen molar-refractivity contribution in [1.82, 2.24) is 14.7 Å². The second-order valence-corrected chi connectivity index (χ2v) is 6.97. The second kappa shape index (κ2) is 9.27. The van der Waals surface area contributed by atoms with E-state index in [-0.39, 0.29) is 17.5 Å². The summed E-state index contributed by atoms with van der Waals surface area (Å²) < 4.78 is 41.7. The Morgan fingerprint density at radius 2 is 1.76 bits per heavy atom. The van der Waals surface area contributed by atoms with Gasteiger partial charge in [0.25, 0.3) is 10.0 Å². The lowest BCUT2D eigenvalue weighted by molar-refractivity contribution is -0.108. The van der Waals surface area contributed by atoms with E-state index in [0.717, 1.165) is 12.1 Å². The summed E-state index contributed by atoms with van der Waals surface area (Å²) in [4.78, 5) is 30.7. The number of amides is 2. The van der Waals surface area contributed by atoms with Crippen molar-refractivity contribution in [2.24, 2.45) is 0 Å². The number of ether oxygens (including phenoxy) is 3. The highest BCUT2D eigenvalue weighted by Gasteiger charge is 2.24. The molecule has 29 heavy (non-hydrogen) atoms. The Kier molecular flexibility index (Phi) is 7.03. The van der Waals surface area contributed by atoms with Crippen molar-refractivity contribution in [2.45, 2.75) is 11.2 Å². The molecule has 156 valence electrons. The number of rotatable bonds is 8. The lowest BCUT2D eigenvalue weighted by Crippen LogP contribution is -2.35. The highest BCUT2D eigenvalue weighted by molar-refractivity contribution is 7.90. The fourth-order valence-electron chi connectivity index (χ4n) is 2.24. The van der Waals surface area contributed by atoms with Crippen molar-refractivity contribution in [2.75, 3.05) is 26.6 Å². The van der Waals surface area contributed by atoms with E-state index >= 15 is 0 Å². The van der Waals surface area contributed by atoms with Crippen LogP contribution in [0.2, 0.25) is 0 Å². The maximum atomic E-state index is 12.4. The average Bonchev–Trinajstić information content (AvgIpc) is 2.68. The molecule has 13 heteroatoms. The molecule has 2 aromatic rings. The van der Waals surface area contributed by atoms with Gasteiger partial charge in [0.15, 0.2) is 0 Å². The predicted octanol–water partition coefficient (Wildman–Crippen LogP) is 0.985. The maximum absolute atomic E-state index is 12.4. The molecule has 0 fully saturated rings. The number of carbonyl (C=O) groups excluding carboxylic acids is 1. The molecule has 0 aliphatic carbocycles. The lowest BCUT2D eigenvalue weighted by Gasteiger charge is -2.15. The molecule has 0 saturated heterocycles. The van der Waals surface area contributed by atoms with Gasteiger partial charge in [0.1, 0.15) is 10.6 Å². The molecule has 0 spiro atoms. The summed E-state index contributed by atoms with van der Waals surface area (Å²) in [5.41, 5.74) is -0.285. The summed E-state index contributed by atoms with van der Waals surface area (Å²) in [7, 11) is -0.414. The number of hydrogen-bond donors (Lipinski definition) is 3. The van der Waals surface area contributed by atoms with Gasteiger partial charge >= 0.3 is 12.0 Å². The zero-order valence-corrected chi connectivity index (χ0v) is 16.4. The van der Waals surface area contributed by atoms with E-state index in [0.29, 0.717) is 0 Å². The first-order valence-electron chi connectivity index (χ1n) is 7.86. The van der Waals surface area contributed by atoms with Gasteiger partial charge < -0.3 is 19.3 Å². The molecule has 0 radical (unpaired) electrons. The fraction of sp³-hybridized carbons (Fsp3) is 0.250. The summed E-state index contributed by atoms with van der Waals surface area (Å²) >= 11 is 0. The van der Waals surface area contributed by atoms with E-state index in [1.165, 1.54) is 39.5 Å². The molecule has 0 aliphatic heterocycles. The van der Waals surface area contributed by atoms with Gasteiger partial charge in [-0.3, -0.25) is 5.32 Å². The third-order valence-corrected chi connectivity index (χ3v) is 4.85. The quantitative estimate of drug-likeness (QED) is 0.518. The zero-order chi connectivity index (χ0) is 21.6. The predicted molar refractivity (Wildman–Crippen MR) is 98.1 cm³/mol. The van der Waals surface area contributed by atoms with Crippen molar-refractivity contribution in [3.63, 3.8) is 0 Å². The van der Waals surface area contributed by atoms with Crippen LogP contribution in [0.1, 0.15) is 22.3 Å². The number of anilines is 1. The largest absolute Gasteiger partial charge is 0.481 e. The van der Waals surface area contributed by atoms with Gasteiger partial charge in [-0.1, -0.05) is 12.1 Å². The molecule has 1 aromatic heterocycles. The number of aromatic nitrogens is 2. The van der Waals surface area contributed by atoms with Crippen molar-refractivity contribution < 1.29 is 37.3 Å². The number of aromatic carboxylic acids is 1. The van der Waals surface area contributed by atoms with Gasteiger partial charge in [0, 0.05) is 20.3 Å². The van der Waals surface area contributed by atoms with E-state index in [1.54, 1.807) is 4.72 Å². The normalized spacial score (nSPS) is 11.2. The molecule has 1 heterocycles. The number of methoxy groups -OCH3 is 3. The number of sulfonamides is 1. The Morgan fingerprint density at radius 3 is 2.34 bits per heavy atom. The average molecular weight is 426 g/mol. The topological polar surface area (TPSA) is 166 Å². The first-order chi connectivity index (χ1) is 13.7. The van der Waals surface area contributed by atoms with E-state index in [9.17, 15) is 18.0 Å². The highest BCUT2D eigenvalue weighted by atomic mass is 32.2. The second-order valence-electron chi connectivity index (χ2n) is 5.32. The Morgan fingerprint density at radius 1 is 1.10 bits per heavy atom. The van der Waals surface area contributed by atoms with Gasteiger partial charge in [-0.2, -0.15) is 4.98 Å². The molecular formula is C16H18N4O8S. The van der Waals surface area contributed by atoms with Crippen LogP contribution in [0.3, 0.4) is 0 Å². The molecule has 2 rings (SSSR count). The van der Waals surface area contributed by atoms with E-state index in [4.69, 9.17) is 19.3 Å². The molecule has 2 amide bonds. The third kappa shape index (κ3) is 5.37. The van der Waals surface area contributed by atoms with Gasteiger partial charge in [-0.25, -0.2) is 27.7 Å². The first kappa shape index (κ1) is 22.0. The minimum atomic E-state index is -4.49. The smallest absolute Gasteiger partial charge is 0.337 e. The number of carbonyl (C=O) groups is 2. The van der Waals surface area contributed by atoms with Crippen LogP contribution >= 0.6 is 0 Å². The monoisotopic (exact) mass is 426 g/mol. The minimum Gasteiger partial charge on any atom is -0.481 e. The summed E-state index contributed by atoms with van der Waals surface area (Å²) in [6.07, 6.45) is -0.887. The lowest BCUT2D eigenvalue weighted by atomic mass is 10.2. The van der Waals surface area contributed by atoms with Crippen molar-refractivity contribution in [3.05, 3.63) is 41.6 Å². The minimum absolute atomic E-state index is 0.0588. The Bertz CT molecular complexity index is 1010. The first-order valence-corrected chi connectivity index (χ1v) is 9.34. The molecule has 3 N–H and O–H groups in total. The van der Waals surface area contributed by atoms with Crippen molar-refractivity contribution >= 4 is 28.0 Å². The summed E-state index contributed by atoms with van der Waals surface area (Å²) in [5.74, 6) is -1.70. The molecule has 1 aromatic carbocycles. The number of carboxylic acid groups (broad SMARTS) is 1. The highest BCUT2D eigenvalue weighted by Crippen LogP contribution is 2.21. The van der Waals surface area contributed by atoms with Crippen molar-refractivity contribution in [1.29, 1.82) is 0 Å². The van der Waals surface area contributed by atoms with Crippen LogP contribution in [0.15, 0.2) is 35.2 Å². The summed E-state index contributed by atoms with van der Waals surface area (Å²) in [6.45, 7) is 0. The van der Waals surface area contributed by atoms with E-state index in [2.05, 4.69) is 15.3 Å². The maximum Gasteiger partial charge on any atom is 0.337 e. The SMILES string of the molecule is COc1cc(C(OC)OC)nc(NC(=O)NS(=O)(=O)c2ccccc2C(=O)O)n1. The van der Waals surface area contributed by atoms with Crippen LogP contribution in [0.5, 0.6) is 5.88 Å². The standard InChI is InChI=1S/C16H18N4O8S/c1-26-12-8-10(14(27-2)28-3)17-15(18-12)19-16(23)20-29(24,25)11-7-5-4-6-9(11)13(21)22/h4-8,14H,1-3H3,(H,21,22)(H2,17,18,19,20,23). The number of nitrogens with one attached hydrogen (secondary N) is 2. The van der Waals surface area contributed by atoms with Crippen LogP contribution in [-0.4, -0.2) is 56.8 Å². The van der Waals surface area contributed by atoms with Gasteiger partial charge in [0.2, 0.25) is 18.1 Å². The van der Waals surface area contributed by atoms with Crippen LogP contribution in [-0.2, 0) is 19.5 Å². The molecule has 0 atom stereocenters. The third-order valence-electron chi connectivity index (χ3n) is 3.46. The van der Waals surface area contributed by atoms with Gasteiger partial charge in [0.05, 0.1) is 12.7 Å². The van der Waals surface area contributed by atoms with E-state index in [1.807, 2.05) is 0 Å². The zero-order valence-electron chi connectivity index (χ0n) is 15.6. The number of hydrogen-bond acceptors (Lipinski definition) is 9. The molecule has 12 nitrogen and oxygen atoms in total. The van der Waals surface area contributed by atoms with Gasteiger partial charge in [-0.05, 0) is 12.1 Å². The van der Waals surface area contributed by atoms with Crippen LogP contribution in [0.4, 0.5) is 10.7 Å². The van der Waals surface area contributed by atoms with E-state index < -0.39 is 38.8 Å². The molecule has 0 saturated carbocycles.